The van der Waals surface area contributed by atoms with Crippen molar-refractivity contribution in [3.8, 4) is 22.8 Å². The molecular weight excluding hydrogens is 268 g/mol. The molecule has 0 radical (unpaired) electrons. The minimum absolute atomic E-state index is 0.439. The number of nitrogens with zero attached hydrogens (tertiary/aromatic N) is 1. The van der Waals surface area contributed by atoms with E-state index in [1.807, 2.05) is 12.1 Å². The number of hydrogen-bond acceptors (Lipinski definition) is 5. The number of hydrogen-bond donors (Lipinski definition) is 1. The van der Waals surface area contributed by atoms with Crippen LogP contribution >= 0.6 is 11.6 Å². The molecule has 2 N–H and O–H groups in total. The number of ether oxygens (including phenoxy) is 2. The van der Waals surface area contributed by atoms with Gasteiger partial charge in [-0.25, -0.2) is 0 Å². The van der Waals surface area contributed by atoms with Crippen LogP contribution in [0, 0.1) is 0 Å². The molecule has 0 amide bonds. The molecule has 2 aromatic rings. The van der Waals surface area contributed by atoms with E-state index in [2.05, 4.69) is 5.16 Å². The topological polar surface area (TPSA) is 70.5 Å². The van der Waals surface area contributed by atoms with Crippen molar-refractivity contribution in [1.82, 2.24) is 5.16 Å². The first-order chi connectivity index (χ1) is 9.21. The van der Waals surface area contributed by atoms with Crippen LogP contribution in [0.4, 0.5) is 0 Å². The van der Waals surface area contributed by atoms with E-state index in [0.29, 0.717) is 35.2 Å². The summed E-state index contributed by atoms with van der Waals surface area (Å²) in [6, 6.07) is 5.41. The molecule has 0 bridgehead atoms. The van der Waals surface area contributed by atoms with Gasteiger partial charge in [-0.15, -0.1) is 0 Å². The molecule has 1 heterocycles. The Balaban J connectivity index is 2.44. The molecule has 0 spiro atoms. The number of rotatable bonds is 5. The minimum Gasteiger partial charge on any atom is -0.493 e. The zero-order valence-corrected chi connectivity index (χ0v) is 11.5. The third-order valence-corrected chi connectivity index (χ3v) is 3.09. The summed E-state index contributed by atoms with van der Waals surface area (Å²) >= 11 is 6.30. The fourth-order valence-corrected chi connectivity index (χ4v) is 2.12. The van der Waals surface area contributed by atoms with Crippen molar-refractivity contribution < 1.29 is 14.0 Å². The van der Waals surface area contributed by atoms with Crippen molar-refractivity contribution in [1.29, 1.82) is 0 Å². The minimum atomic E-state index is 0.439. The normalized spacial score (nSPS) is 10.5. The molecule has 0 aliphatic carbocycles. The average Bonchev–Trinajstić information content (AvgIpc) is 2.87. The van der Waals surface area contributed by atoms with Gasteiger partial charge in [0.2, 0.25) is 0 Å². The maximum absolute atomic E-state index is 6.30. The van der Waals surface area contributed by atoms with E-state index in [1.165, 1.54) is 7.11 Å². The van der Waals surface area contributed by atoms with Crippen LogP contribution in [0.3, 0.4) is 0 Å². The van der Waals surface area contributed by atoms with Crippen LogP contribution in [0.2, 0.25) is 5.02 Å². The summed E-state index contributed by atoms with van der Waals surface area (Å²) in [5, 5.41) is 4.42. The molecule has 0 saturated heterocycles. The van der Waals surface area contributed by atoms with Gasteiger partial charge in [-0.05, 0) is 18.7 Å². The first kappa shape index (κ1) is 13.7. The Morgan fingerprint density at radius 1 is 1.32 bits per heavy atom. The van der Waals surface area contributed by atoms with E-state index in [-0.39, 0.29) is 0 Å². The maximum Gasteiger partial charge on any atom is 0.180 e. The summed E-state index contributed by atoms with van der Waals surface area (Å²) in [5.74, 6) is 1.77. The third-order valence-electron chi connectivity index (χ3n) is 2.71. The van der Waals surface area contributed by atoms with Crippen molar-refractivity contribution in [2.45, 2.75) is 6.42 Å². The third kappa shape index (κ3) is 2.67. The first-order valence-corrected chi connectivity index (χ1v) is 6.15. The number of benzene rings is 1. The summed E-state index contributed by atoms with van der Waals surface area (Å²) in [4.78, 5) is 0. The van der Waals surface area contributed by atoms with Gasteiger partial charge in [0.15, 0.2) is 11.5 Å². The van der Waals surface area contributed by atoms with E-state index in [9.17, 15) is 0 Å². The van der Waals surface area contributed by atoms with Crippen molar-refractivity contribution in [2.75, 3.05) is 20.8 Å². The smallest absolute Gasteiger partial charge is 0.180 e. The molecule has 6 heteroatoms. The van der Waals surface area contributed by atoms with E-state index in [0.717, 1.165) is 11.3 Å². The zero-order chi connectivity index (χ0) is 13.8. The second-order valence-corrected chi connectivity index (χ2v) is 4.26. The molecule has 0 aliphatic rings. The molecule has 19 heavy (non-hydrogen) atoms. The van der Waals surface area contributed by atoms with Gasteiger partial charge >= 0.3 is 0 Å². The van der Waals surface area contributed by atoms with Crippen molar-refractivity contribution in [3.05, 3.63) is 29.0 Å². The van der Waals surface area contributed by atoms with E-state index in [4.69, 9.17) is 31.3 Å². The molecular formula is C13H15ClN2O3. The Morgan fingerprint density at radius 3 is 2.74 bits per heavy atom. The fourth-order valence-electron chi connectivity index (χ4n) is 1.79. The quantitative estimate of drug-likeness (QED) is 0.912. The fraction of sp³-hybridized carbons (Fsp3) is 0.308. The Kier molecular flexibility index (Phi) is 4.29. The van der Waals surface area contributed by atoms with Gasteiger partial charge in [0, 0.05) is 18.1 Å². The molecule has 1 aromatic carbocycles. The lowest BCUT2D eigenvalue weighted by Gasteiger charge is -2.11. The standard InChI is InChI=1S/C13H15ClN2O3/c1-17-11-4-3-9(12(14)13(11)18-2)10-7-8(5-6-15)19-16-10/h3-4,7H,5-6,15H2,1-2H3. The first-order valence-electron chi connectivity index (χ1n) is 5.77. The van der Waals surface area contributed by atoms with Crippen LogP contribution in [-0.4, -0.2) is 25.9 Å². The van der Waals surface area contributed by atoms with E-state index in [1.54, 1.807) is 13.2 Å². The van der Waals surface area contributed by atoms with Gasteiger partial charge in [0.25, 0.3) is 0 Å². The Labute approximate surface area is 116 Å². The summed E-state index contributed by atoms with van der Waals surface area (Å²) in [7, 11) is 3.10. The van der Waals surface area contributed by atoms with Crippen LogP contribution in [0.5, 0.6) is 11.5 Å². The van der Waals surface area contributed by atoms with Crippen LogP contribution in [-0.2, 0) is 6.42 Å². The lowest BCUT2D eigenvalue weighted by molar-refractivity contribution is 0.355. The highest BCUT2D eigenvalue weighted by Gasteiger charge is 2.17. The Morgan fingerprint density at radius 2 is 2.11 bits per heavy atom. The highest BCUT2D eigenvalue weighted by Crippen LogP contribution is 2.41. The van der Waals surface area contributed by atoms with Gasteiger partial charge in [0.05, 0.1) is 19.2 Å². The predicted octanol–water partition coefficient (Wildman–Crippen LogP) is 2.51. The van der Waals surface area contributed by atoms with Crippen molar-refractivity contribution in [2.24, 2.45) is 5.73 Å². The molecule has 0 saturated carbocycles. The Bertz CT molecular complexity index is 569. The van der Waals surface area contributed by atoms with Crippen LogP contribution < -0.4 is 15.2 Å². The molecule has 5 nitrogen and oxygen atoms in total. The average molecular weight is 283 g/mol. The molecule has 102 valence electrons. The van der Waals surface area contributed by atoms with E-state index < -0.39 is 0 Å². The number of halogens is 1. The second-order valence-electron chi connectivity index (χ2n) is 3.88. The highest BCUT2D eigenvalue weighted by atomic mass is 35.5. The molecule has 0 unspecified atom stereocenters. The monoisotopic (exact) mass is 282 g/mol. The van der Waals surface area contributed by atoms with Gasteiger partial charge in [-0.1, -0.05) is 16.8 Å². The van der Waals surface area contributed by atoms with E-state index >= 15 is 0 Å². The van der Waals surface area contributed by atoms with Gasteiger partial charge in [-0.2, -0.15) is 0 Å². The SMILES string of the molecule is COc1ccc(-c2cc(CCN)on2)c(Cl)c1OC. The molecule has 0 atom stereocenters. The number of nitrogens with two attached hydrogens (primary N) is 1. The summed E-state index contributed by atoms with van der Waals surface area (Å²) in [6.45, 7) is 0.508. The lowest BCUT2D eigenvalue weighted by atomic mass is 10.1. The van der Waals surface area contributed by atoms with Gasteiger partial charge in [0.1, 0.15) is 11.5 Å². The largest absolute Gasteiger partial charge is 0.493 e. The van der Waals surface area contributed by atoms with Crippen molar-refractivity contribution in [3.63, 3.8) is 0 Å². The summed E-state index contributed by atoms with van der Waals surface area (Å²) in [5.41, 5.74) is 6.85. The van der Waals surface area contributed by atoms with Crippen molar-refractivity contribution >= 4 is 11.6 Å². The molecule has 2 rings (SSSR count). The highest BCUT2D eigenvalue weighted by molar-refractivity contribution is 6.35. The molecule has 1 aromatic heterocycles. The summed E-state index contributed by atoms with van der Waals surface area (Å²) in [6.07, 6.45) is 0.637. The molecule has 0 fully saturated rings. The Hall–Kier alpha value is -1.72. The van der Waals surface area contributed by atoms with Gasteiger partial charge in [-0.3, -0.25) is 0 Å². The lowest BCUT2D eigenvalue weighted by Crippen LogP contribution is -2.01. The molecule has 0 aliphatic heterocycles. The van der Waals surface area contributed by atoms with Crippen LogP contribution in [0.1, 0.15) is 5.76 Å². The number of methoxy groups -OCH3 is 2. The second kappa shape index (κ2) is 5.95. The predicted molar refractivity (Wildman–Crippen MR) is 72.8 cm³/mol. The maximum atomic E-state index is 6.30. The van der Waals surface area contributed by atoms with Crippen LogP contribution in [0.25, 0.3) is 11.3 Å². The summed E-state index contributed by atoms with van der Waals surface area (Å²) < 4.78 is 15.6. The number of aromatic nitrogens is 1. The van der Waals surface area contributed by atoms with Gasteiger partial charge < -0.3 is 19.7 Å². The van der Waals surface area contributed by atoms with Crippen LogP contribution in [0.15, 0.2) is 22.7 Å². The zero-order valence-electron chi connectivity index (χ0n) is 10.8.